The number of nitrogens with zero attached hydrogens (tertiary/aromatic N) is 1. The van der Waals surface area contributed by atoms with Crippen molar-refractivity contribution in [3.8, 4) is 0 Å². The summed E-state index contributed by atoms with van der Waals surface area (Å²) < 4.78 is 36.1. The predicted molar refractivity (Wildman–Crippen MR) is 51.7 cm³/mol. The van der Waals surface area contributed by atoms with Crippen LogP contribution in [0.2, 0.25) is 0 Å². The Hall–Kier alpha value is -0.780. The van der Waals surface area contributed by atoms with Gasteiger partial charge in [-0.2, -0.15) is 13.2 Å². The average molecular weight is 239 g/mol. The minimum Gasteiger partial charge on any atom is -0.389 e. The van der Waals surface area contributed by atoms with Gasteiger partial charge in [-0.15, -0.1) is 0 Å². The summed E-state index contributed by atoms with van der Waals surface area (Å²) in [7, 11) is 1.11. The molecule has 0 heterocycles. The smallest absolute Gasteiger partial charge is 0.389 e. The fourth-order valence-corrected chi connectivity index (χ4v) is 1.98. The highest BCUT2D eigenvalue weighted by Gasteiger charge is 2.37. The summed E-state index contributed by atoms with van der Waals surface area (Å²) in [4.78, 5) is 12.1. The van der Waals surface area contributed by atoms with Crippen molar-refractivity contribution in [3.05, 3.63) is 0 Å². The molecule has 1 rings (SSSR count). The lowest BCUT2D eigenvalue weighted by Crippen LogP contribution is -2.40. The van der Waals surface area contributed by atoms with E-state index in [9.17, 15) is 23.1 Å². The second-order valence-corrected chi connectivity index (χ2v) is 4.47. The third kappa shape index (κ3) is 4.00. The maximum absolute atomic E-state index is 12.0. The van der Waals surface area contributed by atoms with Crippen LogP contribution in [0.3, 0.4) is 0 Å². The minimum atomic E-state index is -4.39. The quantitative estimate of drug-likeness (QED) is 0.814. The lowest BCUT2D eigenvalue weighted by Gasteiger charge is -2.25. The van der Waals surface area contributed by atoms with Gasteiger partial charge in [0, 0.05) is 7.05 Å². The molecule has 0 radical (unpaired) electrons. The van der Waals surface area contributed by atoms with Crippen molar-refractivity contribution in [2.75, 3.05) is 13.6 Å². The van der Waals surface area contributed by atoms with Crippen molar-refractivity contribution in [1.82, 2.24) is 4.90 Å². The molecule has 94 valence electrons. The summed E-state index contributed by atoms with van der Waals surface area (Å²) in [5.41, 5.74) is -1.09. The molecule has 1 saturated carbocycles. The fourth-order valence-electron chi connectivity index (χ4n) is 1.98. The van der Waals surface area contributed by atoms with Crippen LogP contribution in [0.4, 0.5) is 13.2 Å². The lowest BCUT2D eigenvalue weighted by atomic mass is 9.97. The molecule has 0 aromatic carbocycles. The zero-order chi connectivity index (χ0) is 12.4. The second-order valence-electron chi connectivity index (χ2n) is 4.47. The van der Waals surface area contributed by atoms with Gasteiger partial charge in [0.2, 0.25) is 5.91 Å². The van der Waals surface area contributed by atoms with E-state index in [-0.39, 0.29) is 6.42 Å². The van der Waals surface area contributed by atoms with E-state index >= 15 is 0 Å². The number of aliphatic hydroxyl groups is 1. The van der Waals surface area contributed by atoms with Gasteiger partial charge in [0.1, 0.15) is 6.54 Å². The van der Waals surface area contributed by atoms with Gasteiger partial charge in [0.15, 0.2) is 0 Å². The third-order valence-electron chi connectivity index (χ3n) is 2.86. The molecule has 1 N–H and O–H groups in total. The Morgan fingerprint density at radius 2 is 1.88 bits per heavy atom. The third-order valence-corrected chi connectivity index (χ3v) is 2.86. The molecule has 0 unspecified atom stereocenters. The van der Waals surface area contributed by atoms with Gasteiger partial charge in [-0.05, 0) is 12.8 Å². The minimum absolute atomic E-state index is 0.209. The zero-order valence-electron chi connectivity index (χ0n) is 9.18. The Morgan fingerprint density at radius 1 is 1.38 bits per heavy atom. The van der Waals surface area contributed by atoms with E-state index in [2.05, 4.69) is 0 Å². The molecule has 3 nitrogen and oxygen atoms in total. The van der Waals surface area contributed by atoms with Gasteiger partial charge >= 0.3 is 6.18 Å². The molecular formula is C10H16F3NO2. The first-order valence-electron chi connectivity index (χ1n) is 5.25. The molecule has 0 atom stereocenters. The van der Waals surface area contributed by atoms with Crippen LogP contribution >= 0.6 is 0 Å². The Morgan fingerprint density at radius 3 is 2.31 bits per heavy atom. The number of amides is 1. The number of hydrogen-bond acceptors (Lipinski definition) is 2. The van der Waals surface area contributed by atoms with Crippen LogP contribution in [0.25, 0.3) is 0 Å². The van der Waals surface area contributed by atoms with Crippen molar-refractivity contribution >= 4 is 5.91 Å². The molecule has 0 aromatic rings. The van der Waals surface area contributed by atoms with Crippen LogP contribution in [0.5, 0.6) is 0 Å². The van der Waals surface area contributed by atoms with Crippen LogP contribution in [-0.4, -0.2) is 41.3 Å². The number of hydrogen-bond donors (Lipinski definition) is 1. The molecular weight excluding hydrogens is 223 g/mol. The monoisotopic (exact) mass is 239 g/mol. The largest absolute Gasteiger partial charge is 0.406 e. The molecule has 1 aliphatic rings. The van der Waals surface area contributed by atoms with E-state index in [1.807, 2.05) is 0 Å². The van der Waals surface area contributed by atoms with Crippen LogP contribution in [0, 0.1) is 0 Å². The van der Waals surface area contributed by atoms with E-state index < -0.39 is 24.2 Å². The molecule has 1 aliphatic carbocycles. The summed E-state index contributed by atoms with van der Waals surface area (Å²) in [5, 5.41) is 9.88. The number of carbonyl (C=O) groups excluding carboxylic acids is 1. The normalized spacial score (nSPS) is 19.8. The van der Waals surface area contributed by atoms with Crippen LogP contribution in [-0.2, 0) is 4.79 Å². The predicted octanol–water partition coefficient (Wildman–Crippen LogP) is 1.70. The van der Waals surface area contributed by atoms with Crippen LogP contribution in [0.15, 0.2) is 0 Å². The molecule has 16 heavy (non-hydrogen) atoms. The number of alkyl halides is 3. The highest BCUT2D eigenvalue weighted by Crippen LogP contribution is 2.32. The molecule has 0 aromatic heterocycles. The van der Waals surface area contributed by atoms with Crippen molar-refractivity contribution < 1.29 is 23.1 Å². The van der Waals surface area contributed by atoms with Gasteiger partial charge in [-0.1, -0.05) is 12.8 Å². The van der Waals surface area contributed by atoms with Crippen molar-refractivity contribution in [2.24, 2.45) is 0 Å². The van der Waals surface area contributed by atoms with Crippen molar-refractivity contribution in [2.45, 2.75) is 43.9 Å². The molecule has 1 fully saturated rings. The first kappa shape index (κ1) is 13.3. The molecule has 0 saturated heterocycles. The zero-order valence-corrected chi connectivity index (χ0v) is 9.18. The summed E-state index contributed by atoms with van der Waals surface area (Å²) in [6, 6.07) is 0. The first-order valence-corrected chi connectivity index (χ1v) is 5.25. The summed E-state index contributed by atoms with van der Waals surface area (Å²) >= 11 is 0. The highest BCUT2D eigenvalue weighted by molar-refractivity contribution is 5.77. The van der Waals surface area contributed by atoms with Gasteiger partial charge in [-0.3, -0.25) is 4.79 Å². The summed E-state index contributed by atoms with van der Waals surface area (Å²) in [6.45, 7) is -1.26. The maximum atomic E-state index is 12.0. The maximum Gasteiger partial charge on any atom is 0.406 e. The standard InChI is InChI=1S/C10H16F3NO2/c1-14(7-10(11,12)13)8(15)6-9(16)4-2-3-5-9/h16H,2-7H2,1H3. The Bertz CT molecular complexity index is 259. The topological polar surface area (TPSA) is 40.5 Å². The lowest BCUT2D eigenvalue weighted by molar-refractivity contribution is -0.161. The van der Waals surface area contributed by atoms with E-state index in [0.29, 0.717) is 17.7 Å². The van der Waals surface area contributed by atoms with Crippen molar-refractivity contribution in [1.29, 1.82) is 0 Å². The van der Waals surface area contributed by atoms with Crippen LogP contribution < -0.4 is 0 Å². The Kier molecular flexibility index (Phi) is 3.83. The summed E-state index contributed by atoms with van der Waals surface area (Å²) in [6.07, 6.45) is -1.95. The molecule has 1 amide bonds. The van der Waals surface area contributed by atoms with E-state index in [1.165, 1.54) is 0 Å². The van der Waals surface area contributed by atoms with Gasteiger partial charge in [0.05, 0.1) is 12.0 Å². The van der Waals surface area contributed by atoms with Crippen LogP contribution in [0.1, 0.15) is 32.1 Å². The summed E-state index contributed by atoms with van der Waals surface area (Å²) in [5.74, 6) is -0.651. The second kappa shape index (κ2) is 4.61. The van der Waals surface area contributed by atoms with E-state index in [1.54, 1.807) is 0 Å². The Labute approximate surface area is 92.2 Å². The Balaban J connectivity index is 2.45. The molecule has 0 bridgehead atoms. The first-order chi connectivity index (χ1) is 7.22. The van der Waals surface area contributed by atoms with Gasteiger partial charge in [-0.25, -0.2) is 0 Å². The van der Waals surface area contributed by atoms with E-state index in [4.69, 9.17) is 0 Å². The fraction of sp³-hybridized carbons (Fsp3) is 0.900. The number of halogens is 3. The van der Waals surface area contributed by atoms with E-state index in [0.717, 1.165) is 19.9 Å². The number of carbonyl (C=O) groups is 1. The SMILES string of the molecule is CN(CC(F)(F)F)C(=O)CC1(O)CCCC1. The van der Waals surface area contributed by atoms with Gasteiger partial charge < -0.3 is 10.0 Å². The molecule has 6 heteroatoms. The number of rotatable bonds is 3. The highest BCUT2D eigenvalue weighted by atomic mass is 19.4. The van der Waals surface area contributed by atoms with Gasteiger partial charge in [0.25, 0.3) is 0 Å². The average Bonchev–Trinajstić information content (AvgIpc) is 2.48. The molecule has 0 spiro atoms. The molecule has 0 aliphatic heterocycles. The van der Waals surface area contributed by atoms with Crippen molar-refractivity contribution in [3.63, 3.8) is 0 Å².